The van der Waals surface area contributed by atoms with Gasteiger partial charge in [-0.05, 0) is 13.3 Å². The summed E-state index contributed by atoms with van der Waals surface area (Å²) < 4.78 is 19.4. The first kappa shape index (κ1) is 16.5. The fourth-order valence-electron chi connectivity index (χ4n) is 1.66. The number of rotatable bonds is 6. The molecule has 1 heterocycles. The molecule has 114 valence electrons. The lowest BCUT2D eigenvalue weighted by atomic mass is 10.1. The van der Waals surface area contributed by atoms with Gasteiger partial charge in [0.05, 0.1) is 18.9 Å². The summed E-state index contributed by atoms with van der Waals surface area (Å²) in [5, 5.41) is 19.0. The Morgan fingerprint density at radius 2 is 2.25 bits per heavy atom. The summed E-state index contributed by atoms with van der Waals surface area (Å²) in [6.07, 6.45) is -1.15. The zero-order valence-corrected chi connectivity index (χ0v) is 11.3. The average Bonchev–Trinajstić information content (AvgIpc) is 2.41. The first-order chi connectivity index (χ1) is 9.25. The maximum Gasteiger partial charge on any atom is 0.351 e. The van der Waals surface area contributed by atoms with Crippen LogP contribution in [0.15, 0.2) is 11.0 Å². The average molecular weight is 290 g/mol. The summed E-state index contributed by atoms with van der Waals surface area (Å²) in [6.45, 7) is 2.37. The van der Waals surface area contributed by atoms with Crippen molar-refractivity contribution in [3.63, 3.8) is 0 Å². The molecule has 0 bridgehead atoms. The molecule has 0 saturated carbocycles. The van der Waals surface area contributed by atoms with Crippen LogP contribution in [0.25, 0.3) is 0 Å². The smallest absolute Gasteiger partial charge is 0.351 e. The number of hydrogen-bond acceptors (Lipinski definition) is 7. The van der Waals surface area contributed by atoms with Crippen LogP contribution >= 0.6 is 0 Å². The van der Waals surface area contributed by atoms with E-state index in [4.69, 9.17) is 16.2 Å². The number of nitrogen functional groups attached to an aromatic ring is 1. The highest BCUT2D eigenvalue weighted by atomic mass is 19.1. The molecule has 0 spiro atoms. The fraction of sp³-hybridized carbons (Fsp3) is 0.636. The van der Waals surface area contributed by atoms with Crippen molar-refractivity contribution < 1.29 is 19.3 Å². The number of aliphatic hydroxyl groups excluding tert-OH is 2. The van der Waals surface area contributed by atoms with Crippen LogP contribution in [0.1, 0.15) is 26.5 Å². The highest BCUT2D eigenvalue weighted by Gasteiger charge is 2.35. The van der Waals surface area contributed by atoms with E-state index in [9.17, 15) is 19.4 Å². The third-order valence-corrected chi connectivity index (χ3v) is 2.91. The standard InChI is InChI=1S/C11H19FN4O4/c1-3-8(18)11(14,5-17)20-6(2)16-4-7(12)9(13)15-10(16)19/h4,6,8,17-18H,3,5,14H2,1-2H3,(H2,13,15,19). The number of aliphatic hydroxyl groups is 2. The predicted molar refractivity (Wildman–Crippen MR) is 69.0 cm³/mol. The minimum Gasteiger partial charge on any atom is -0.392 e. The van der Waals surface area contributed by atoms with E-state index in [0.29, 0.717) is 0 Å². The molecule has 0 aliphatic carbocycles. The van der Waals surface area contributed by atoms with Gasteiger partial charge in [0.25, 0.3) is 0 Å². The number of nitrogens with two attached hydrogens (primary N) is 2. The maximum atomic E-state index is 13.3. The molecule has 0 saturated heterocycles. The second-order valence-corrected chi connectivity index (χ2v) is 4.42. The van der Waals surface area contributed by atoms with E-state index in [2.05, 4.69) is 4.98 Å². The topological polar surface area (TPSA) is 137 Å². The molecule has 1 aromatic heterocycles. The molecule has 0 aliphatic heterocycles. The Bertz CT molecular complexity index is 524. The first-order valence-corrected chi connectivity index (χ1v) is 6.05. The SMILES string of the molecule is CCC(O)C(N)(CO)OC(C)n1cc(F)c(N)nc1=O. The van der Waals surface area contributed by atoms with Crippen molar-refractivity contribution in [1.29, 1.82) is 0 Å². The third kappa shape index (κ3) is 3.31. The highest BCUT2D eigenvalue weighted by Crippen LogP contribution is 2.19. The number of nitrogens with zero attached hydrogens (tertiary/aromatic N) is 2. The lowest BCUT2D eigenvalue weighted by Gasteiger charge is -2.34. The molecule has 1 rings (SSSR count). The normalized spacial score (nSPS) is 17.5. The highest BCUT2D eigenvalue weighted by molar-refractivity contribution is 5.26. The van der Waals surface area contributed by atoms with Crippen LogP contribution in [0.4, 0.5) is 10.2 Å². The Morgan fingerprint density at radius 3 is 2.75 bits per heavy atom. The zero-order valence-electron chi connectivity index (χ0n) is 11.3. The number of anilines is 1. The summed E-state index contributed by atoms with van der Waals surface area (Å²) in [5.74, 6) is -1.41. The Hall–Kier alpha value is -1.55. The van der Waals surface area contributed by atoms with Crippen LogP contribution in [-0.4, -0.2) is 38.2 Å². The summed E-state index contributed by atoms with van der Waals surface area (Å²) in [6, 6.07) is 0. The Labute approximate surface area is 114 Å². The van der Waals surface area contributed by atoms with Crippen LogP contribution in [-0.2, 0) is 4.74 Å². The van der Waals surface area contributed by atoms with Crippen molar-refractivity contribution in [2.45, 2.75) is 38.3 Å². The van der Waals surface area contributed by atoms with Crippen LogP contribution in [0, 0.1) is 5.82 Å². The number of halogens is 1. The molecule has 9 heteroatoms. The van der Waals surface area contributed by atoms with Crippen LogP contribution < -0.4 is 17.2 Å². The first-order valence-electron chi connectivity index (χ1n) is 6.05. The number of aromatic nitrogens is 2. The molecule has 8 nitrogen and oxygen atoms in total. The van der Waals surface area contributed by atoms with Gasteiger partial charge in [0, 0.05) is 0 Å². The van der Waals surface area contributed by atoms with Crippen LogP contribution in [0.5, 0.6) is 0 Å². The Kier molecular flexibility index (Phi) is 5.17. The van der Waals surface area contributed by atoms with Gasteiger partial charge < -0.3 is 20.7 Å². The van der Waals surface area contributed by atoms with E-state index in [1.54, 1.807) is 6.92 Å². The quantitative estimate of drug-likeness (QED) is 0.489. The molecule has 3 atom stereocenters. The zero-order chi connectivity index (χ0) is 15.5. The molecule has 0 aliphatic rings. The van der Waals surface area contributed by atoms with Gasteiger partial charge in [0.15, 0.2) is 17.4 Å². The molecular formula is C11H19FN4O4. The molecule has 6 N–H and O–H groups in total. The van der Waals surface area contributed by atoms with E-state index >= 15 is 0 Å². The minimum atomic E-state index is -1.77. The lowest BCUT2D eigenvalue weighted by Crippen LogP contribution is -2.57. The summed E-state index contributed by atoms with van der Waals surface area (Å²) in [5.41, 5.74) is 8.30. The van der Waals surface area contributed by atoms with E-state index in [0.717, 1.165) is 10.8 Å². The lowest BCUT2D eigenvalue weighted by molar-refractivity contribution is -0.190. The van der Waals surface area contributed by atoms with Gasteiger partial charge in [-0.3, -0.25) is 10.3 Å². The van der Waals surface area contributed by atoms with Gasteiger partial charge in [-0.2, -0.15) is 4.98 Å². The molecule has 0 aromatic carbocycles. The summed E-state index contributed by atoms with van der Waals surface area (Å²) in [4.78, 5) is 14.9. The minimum absolute atomic E-state index is 0.229. The van der Waals surface area contributed by atoms with Gasteiger partial charge >= 0.3 is 5.69 Å². The van der Waals surface area contributed by atoms with Crippen molar-refractivity contribution in [2.24, 2.45) is 5.73 Å². The Morgan fingerprint density at radius 1 is 1.65 bits per heavy atom. The van der Waals surface area contributed by atoms with Gasteiger partial charge in [0.1, 0.15) is 6.23 Å². The third-order valence-electron chi connectivity index (χ3n) is 2.91. The van der Waals surface area contributed by atoms with Crippen LogP contribution in [0.2, 0.25) is 0 Å². The van der Waals surface area contributed by atoms with Gasteiger partial charge in [-0.25, -0.2) is 9.18 Å². The second-order valence-electron chi connectivity index (χ2n) is 4.42. The van der Waals surface area contributed by atoms with E-state index in [-0.39, 0.29) is 6.42 Å². The molecule has 0 amide bonds. The Balaban J connectivity index is 3.04. The molecule has 0 fully saturated rings. The van der Waals surface area contributed by atoms with E-state index < -0.39 is 42.0 Å². The largest absolute Gasteiger partial charge is 0.392 e. The number of ether oxygens (including phenoxy) is 1. The van der Waals surface area contributed by atoms with Gasteiger partial charge in [-0.15, -0.1) is 0 Å². The molecular weight excluding hydrogens is 271 g/mol. The molecule has 0 radical (unpaired) electrons. The van der Waals surface area contributed by atoms with E-state index in [1.165, 1.54) is 6.92 Å². The van der Waals surface area contributed by atoms with Crippen molar-refractivity contribution in [1.82, 2.24) is 9.55 Å². The second kappa shape index (κ2) is 6.27. The monoisotopic (exact) mass is 290 g/mol. The van der Waals surface area contributed by atoms with Crippen molar-refractivity contribution in [3.05, 3.63) is 22.5 Å². The van der Waals surface area contributed by atoms with Crippen molar-refractivity contribution >= 4 is 5.82 Å². The van der Waals surface area contributed by atoms with Crippen molar-refractivity contribution in [2.75, 3.05) is 12.3 Å². The summed E-state index contributed by atoms with van der Waals surface area (Å²) in [7, 11) is 0. The predicted octanol–water partition coefficient (Wildman–Crippen LogP) is -1.08. The fourth-order valence-corrected chi connectivity index (χ4v) is 1.66. The van der Waals surface area contributed by atoms with Gasteiger partial charge in [-0.1, -0.05) is 6.92 Å². The van der Waals surface area contributed by atoms with Crippen molar-refractivity contribution in [3.8, 4) is 0 Å². The molecule has 20 heavy (non-hydrogen) atoms. The van der Waals surface area contributed by atoms with Crippen LogP contribution in [0.3, 0.4) is 0 Å². The van der Waals surface area contributed by atoms with E-state index in [1.807, 2.05) is 0 Å². The maximum absolute atomic E-state index is 13.3. The van der Waals surface area contributed by atoms with Gasteiger partial charge in [0.2, 0.25) is 0 Å². The molecule has 3 unspecified atom stereocenters. The summed E-state index contributed by atoms with van der Waals surface area (Å²) >= 11 is 0. The number of hydrogen-bond donors (Lipinski definition) is 4. The molecule has 1 aromatic rings.